The summed E-state index contributed by atoms with van der Waals surface area (Å²) in [4.78, 5) is 3.23. The van der Waals surface area contributed by atoms with E-state index in [0.29, 0.717) is 16.6 Å². The lowest BCUT2D eigenvalue weighted by atomic mass is 10.1. The number of rotatable bonds is 7. The van der Waals surface area contributed by atoms with Crippen molar-refractivity contribution in [3.05, 3.63) is 72.9 Å². The van der Waals surface area contributed by atoms with Gasteiger partial charge in [0.05, 0.1) is 28.5 Å². The summed E-state index contributed by atoms with van der Waals surface area (Å²) in [6.07, 6.45) is 6.89. The Bertz CT molecular complexity index is 908. The first-order valence-corrected chi connectivity index (χ1v) is 12.3. The van der Waals surface area contributed by atoms with Crippen LogP contribution in [0.2, 0.25) is 0 Å². The van der Waals surface area contributed by atoms with Crippen LogP contribution in [-0.2, 0) is 10.8 Å². The number of hydrogen-bond acceptors (Lipinski definition) is 5. The van der Waals surface area contributed by atoms with Gasteiger partial charge in [-0.3, -0.25) is 4.21 Å². The molecular weight excluding hydrogens is 406 g/mol. The first kappa shape index (κ1) is 23.1. The summed E-state index contributed by atoms with van der Waals surface area (Å²) in [5.41, 5.74) is 1.56. The zero-order valence-corrected chi connectivity index (χ0v) is 19.1. The minimum Gasteiger partial charge on any atom is -0.494 e. The Balaban J connectivity index is 0.000000391. The monoisotopic (exact) mass is 437 g/mol. The van der Waals surface area contributed by atoms with Crippen LogP contribution in [0.15, 0.2) is 77.8 Å². The zero-order valence-electron chi connectivity index (χ0n) is 18.3. The summed E-state index contributed by atoms with van der Waals surface area (Å²) in [6, 6.07) is 22.2. The molecule has 5 nitrogen and oxygen atoms in total. The molecule has 0 saturated carbocycles. The maximum Gasteiger partial charge on any atom is 0.119 e. The molecule has 1 fully saturated rings. The predicted octanol–water partition coefficient (Wildman–Crippen LogP) is 4.82. The summed E-state index contributed by atoms with van der Waals surface area (Å²) in [6.45, 7) is 5.34. The second kappa shape index (κ2) is 12.3. The topological polar surface area (TPSA) is 55.3 Å². The third kappa shape index (κ3) is 7.26. The molecule has 0 N–H and O–H groups in total. The molecule has 0 bridgehead atoms. The van der Waals surface area contributed by atoms with Crippen molar-refractivity contribution in [2.75, 3.05) is 26.0 Å². The van der Waals surface area contributed by atoms with E-state index < -0.39 is 10.8 Å². The SMILES string of the molecule is CC1CCCN1CCCOc1ccc(-c2nnccc2S(C)=O)cc1.c1ccccc1. The summed E-state index contributed by atoms with van der Waals surface area (Å²) < 4.78 is 17.7. The van der Waals surface area contributed by atoms with E-state index in [1.54, 1.807) is 18.5 Å². The largest absolute Gasteiger partial charge is 0.494 e. The Labute approximate surface area is 187 Å². The molecule has 0 spiro atoms. The van der Waals surface area contributed by atoms with Crippen molar-refractivity contribution in [2.24, 2.45) is 0 Å². The smallest absolute Gasteiger partial charge is 0.119 e. The van der Waals surface area contributed by atoms with Gasteiger partial charge >= 0.3 is 0 Å². The molecule has 1 aromatic heterocycles. The molecule has 0 amide bonds. The van der Waals surface area contributed by atoms with Gasteiger partial charge in [0.2, 0.25) is 0 Å². The number of ether oxygens (including phenoxy) is 1. The van der Waals surface area contributed by atoms with Gasteiger partial charge in [0.1, 0.15) is 11.4 Å². The van der Waals surface area contributed by atoms with Crippen LogP contribution in [0.4, 0.5) is 0 Å². The molecule has 4 rings (SSSR count). The van der Waals surface area contributed by atoms with Crippen molar-refractivity contribution in [3.63, 3.8) is 0 Å². The average molecular weight is 438 g/mol. The van der Waals surface area contributed by atoms with Crippen molar-refractivity contribution < 1.29 is 8.95 Å². The van der Waals surface area contributed by atoms with Gasteiger partial charge in [0, 0.05) is 24.4 Å². The molecule has 2 unspecified atom stereocenters. The summed E-state index contributed by atoms with van der Waals surface area (Å²) >= 11 is 0. The average Bonchev–Trinajstić information content (AvgIpc) is 3.23. The van der Waals surface area contributed by atoms with Crippen molar-refractivity contribution >= 4 is 10.8 Å². The molecular formula is C25H31N3O2S. The lowest BCUT2D eigenvalue weighted by molar-refractivity contribution is 0.230. The Morgan fingerprint density at radius 3 is 2.32 bits per heavy atom. The Morgan fingerprint density at radius 1 is 1.06 bits per heavy atom. The first-order chi connectivity index (χ1) is 15.1. The molecule has 2 aromatic carbocycles. The van der Waals surface area contributed by atoms with E-state index >= 15 is 0 Å². The fraction of sp³-hybridized carbons (Fsp3) is 0.360. The van der Waals surface area contributed by atoms with Gasteiger partial charge in [-0.25, -0.2) is 0 Å². The second-order valence-corrected chi connectivity index (χ2v) is 8.95. The Hall–Kier alpha value is -2.57. The fourth-order valence-electron chi connectivity index (χ4n) is 3.63. The highest BCUT2D eigenvalue weighted by Crippen LogP contribution is 2.25. The quantitative estimate of drug-likeness (QED) is 0.496. The molecule has 3 aromatic rings. The first-order valence-electron chi connectivity index (χ1n) is 10.8. The third-order valence-electron chi connectivity index (χ3n) is 5.34. The third-order valence-corrected chi connectivity index (χ3v) is 6.29. The molecule has 2 heterocycles. The number of aromatic nitrogens is 2. The minimum atomic E-state index is -1.10. The van der Waals surface area contributed by atoms with Gasteiger partial charge in [-0.1, -0.05) is 36.4 Å². The van der Waals surface area contributed by atoms with Crippen LogP contribution in [0.3, 0.4) is 0 Å². The van der Waals surface area contributed by atoms with E-state index in [2.05, 4.69) is 22.0 Å². The van der Waals surface area contributed by atoms with Crippen LogP contribution in [-0.4, -0.2) is 51.3 Å². The normalized spacial score (nSPS) is 16.9. The molecule has 1 aliphatic rings. The molecule has 31 heavy (non-hydrogen) atoms. The lowest BCUT2D eigenvalue weighted by Crippen LogP contribution is -2.28. The van der Waals surface area contributed by atoms with Crippen LogP contribution < -0.4 is 4.74 Å². The minimum absolute atomic E-state index is 0.665. The highest BCUT2D eigenvalue weighted by atomic mass is 32.2. The molecule has 164 valence electrons. The van der Waals surface area contributed by atoms with Crippen molar-refractivity contribution in [1.82, 2.24) is 15.1 Å². The highest BCUT2D eigenvalue weighted by molar-refractivity contribution is 7.84. The standard InChI is InChI=1S/C19H25N3O2S.C6H6/c1-15-5-3-12-22(15)13-4-14-24-17-8-6-16(7-9-17)19-18(25(2)23)10-11-20-21-19;1-2-4-6-5-3-1/h6-11,15H,3-5,12-14H2,1-2H3;1-6H. The summed E-state index contributed by atoms with van der Waals surface area (Å²) in [7, 11) is -1.10. The number of nitrogens with zero attached hydrogens (tertiary/aromatic N) is 3. The predicted molar refractivity (Wildman–Crippen MR) is 127 cm³/mol. The van der Waals surface area contributed by atoms with E-state index in [9.17, 15) is 4.21 Å². The van der Waals surface area contributed by atoms with E-state index in [0.717, 1.165) is 30.9 Å². The van der Waals surface area contributed by atoms with Crippen LogP contribution in [0.25, 0.3) is 11.3 Å². The Morgan fingerprint density at radius 2 is 1.74 bits per heavy atom. The van der Waals surface area contributed by atoms with Crippen LogP contribution in [0, 0.1) is 0 Å². The summed E-state index contributed by atoms with van der Waals surface area (Å²) in [5.74, 6) is 0.848. The van der Waals surface area contributed by atoms with E-state index in [1.165, 1.54) is 19.4 Å². The van der Waals surface area contributed by atoms with Gasteiger partial charge in [-0.15, -0.1) is 5.10 Å². The Kier molecular flexibility index (Phi) is 9.18. The molecule has 1 aliphatic heterocycles. The van der Waals surface area contributed by atoms with E-state index in [4.69, 9.17) is 4.74 Å². The molecule has 1 saturated heterocycles. The molecule has 0 radical (unpaired) electrons. The van der Waals surface area contributed by atoms with Crippen molar-refractivity contribution in [2.45, 2.75) is 37.1 Å². The van der Waals surface area contributed by atoms with Crippen LogP contribution >= 0.6 is 0 Å². The molecule has 6 heteroatoms. The highest BCUT2D eigenvalue weighted by Gasteiger charge is 2.19. The van der Waals surface area contributed by atoms with Gasteiger partial charge in [0.15, 0.2) is 0 Å². The maximum atomic E-state index is 11.8. The summed E-state index contributed by atoms with van der Waals surface area (Å²) in [5, 5.41) is 8.05. The van der Waals surface area contributed by atoms with Crippen LogP contribution in [0.1, 0.15) is 26.2 Å². The van der Waals surface area contributed by atoms with Gasteiger partial charge in [0.25, 0.3) is 0 Å². The second-order valence-electron chi connectivity index (χ2n) is 7.61. The lowest BCUT2D eigenvalue weighted by Gasteiger charge is -2.20. The number of likely N-dealkylation sites (tertiary alicyclic amines) is 1. The van der Waals surface area contributed by atoms with Gasteiger partial charge in [-0.2, -0.15) is 5.10 Å². The van der Waals surface area contributed by atoms with E-state index in [1.807, 2.05) is 60.7 Å². The fourth-order valence-corrected chi connectivity index (χ4v) is 4.31. The van der Waals surface area contributed by atoms with Gasteiger partial charge < -0.3 is 9.64 Å². The van der Waals surface area contributed by atoms with Crippen LogP contribution in [0.5, 0.6) is 5.75 Å². The van der Waals surface area contributed by atoms with Crippen molar-refractivity contribution in [1.29, 1.82) is 0 Å². The maximum absolute atomic E-state index is 11.8. The van der Waals surface area contributed by atoms with Gasteiger partial charge in [-0.05, 0) is 63.1 Å². The zero-order chi connectivity index (χ0) is 21.9. The van der Waals surface area contributed by atoms with E-state index in [-0.39, 0.29) is 0 Å². The van der Waals surface area contributed by atoms with Crippen molar-refractivity contribution in [3.8, 4) is 17.0 Å². The molecule has 2 atom stereocenters. The number of hydrogen-bond donors (Lipinski definition) is 0. The number of benzene rings is 2. The molecule has 0 aliphatic carbocycles.